The molecular formula is C67H72N4O20. The summed E-state index contributed by atoms with van der Waals surface area (Å²) in [5.74, 6) is -8.41. The molecule has 2 saturated carbocycles. The molecule has 24 heteroatoms. The van der Waals surface area contributed by atoms with E-state index in [9.17, 15) is 58.5 Å². The smallest absolute Gasteiger partial charge is 0.351 e. The lowest BCUT2D eigenvalue weighted by atomic mass is 9.45. The van der Waals surface area contributed by atoms with Gasteiger partial charge in [0, 0.05) is 54.8 Å². The fourth-order valence-electron chi connectivity index (χ4n) is 13.8. The molecule has 24 nitrogen and oxygen atoms in total. The van der Waals surface area contributed by atoms with Gasteiger partial charge in [-0.15, -0.1) is 0 Å². The van der Waals surface area contributed by atoms with Crippen LogP contribution in [0.5, 0.6) is 0 Å². The van der Waals surface area contributed by atoms with Crippen LogP contribution in [0.2, 0.25) is 0 Å². The Morgan fingerprint density at radius 2 is 1.35 bits per heavy atom. The van der Waals surface area contributed by atoms with Crippen LogP contribution >= 0.6 is 0 Å². The first-order chi connectivity index (χ1) is 43.3. The van der Waals surface area contributed by atoms with Gasteiger partial charge >= 0.3 is 41.5 Å². The first kappa shape index (κ1) is 65.0. The van der Waals surface area contributed by atoms with Gasteiger partial charge < -0.3 is 63.8 Å². The fraction of sp³-hybridized carbons (Fsp3) is 0.433. The average Bonchev–Trinajstić information content (AvgIpc) is 0.912. The maximum atomic E-state index is 14.8. The molecule has 2 unspecified atom stereocenters. The van der Waals surface area contributed by atoms with Crippen LogP contribution in [-0.2, 0) is 61.9 Å². The van der Waals surface area contributed by atoms with E-state index in [1.54, 1.807) is 137 Å². The van der Waals surface area contributed by atoms with Gasteiger partial charge in [-0.3, -0.25) is 33.3 Å². The summed E-state index contributed by atoms with van der Waals surface area (Å²) in [6.45, 7) is 7.85. The van der Waals surface area contributed by atoms with E-state index in [2.05, 4.69) is 15.6 Å². The molecule has 0 spiro atoms. The Labute approximate surface area is 523 Å². The highest BCUT2D eigenvalue weighted by Crippen LogP contribution is 2.66. The minimum absolute atomic E-state index is 0.0212. The predicted octanol–water partition coefficient (Wildman–Crippen LogP) is 5.59. The molecule has 3 aliphatic carbocycles. The number of aliphatic hydroxyl groups excluding tert-OH is 2. The average molecular weight is 1250 g/mol. The summed E-state index contributed by atoms with van der Waals surface area (Å²) in [6.07, 6.45) is -13.6. The first-order valence-corrected chi connectivity index (χ1v) is 30.0. The highest BCUT2D eigenvalue weighted by atomic mass is 16.6. The Morgan fingerprint density at radius 1 is 0.747 bits per heavy atom. The van der Waals surface area contributed by atoms with Crippen LogP contribution in [0, 0.1) is 16.7 Å². The van der Waals surface area contributed by atoms with Crippen molar-refractivity contribution in [3.05, 3.63) is 177 Å². The molecular weight excluding hydrogens is 1180 g/mol. The second-order valence-electron chi connectivity index (χ2n) is 24.4. The van der Waals surface area contributed by atoms with Crippen molar-refractivity contribution in [2.75, 3.05) is 18.5 Å². The molecule has 2 saturated heterocycles. The summed E-state index contributed by atoms with van der Waals surface area (Å²) in [7, 11) is 0. The van der Waals surface area contributed by atoms with Crippen LogP contribution in [0.15, 0.2) is 150 Å². The van der Waals surface area contributed by atoms with Gasteiger partial charge in [-0.2, -0.15) is 4.98 Å². The van der Waals surface area contributed by atoms with E-state index in [4.69, 9.17) is 37.9 Å². The summed E-state index contributed by atoms with van der Waals surface area (Å²) in [4.78, 5) is 129. The third kappa shape index (κ3) is 13.0. The number of carbonyl (C=O) groups excluding carboxylic acids is 8. The lowest BCUT2D eigenvalue weighted by molar-refractivity contribution is -0.349. The third-order valence-electron chi connectivity index (χ3n) is 18.4. The minimum atomic E-state index is -2.42. The van der Waals surface area contributed by atoms with Gasteiger partial charge in [-0.05, 0) is 78.9 Å². The second-order valence-corrected chi connectivity index (χ2v) is 24.4. The number of anilines is 1. The van der Waals surface area contributed by atoms with Gasteiger partial charge in [-0.25, -0.2) is 14.4 Å². The molecule has 91 heavy (non-hydrogen) atoms. The standard InChI is InChI=1S/C67H72N4O20/c1-37-45(88-62(81)54(77)53(40-19-11-7-12-20-40)70-60(79)42-23-15-9-16-24-42)34-67(83)58(90-61(80)43-25-17-10-18-26-43)56-65(6,31-29-47-66(56,36-85-47)91-39(3)73)57(55(86-38(2)72)52(37)64(67,4)5)89-51(76)28-27-50(75)84-35-46-44(74)33-49(87-46)71-32-30-48(69-63(71)82)68-59(78)41-21-13-8-14-22-41/h7-26,30,32,44-47,49,53-58,74,77,83H,27-29,31,33-36H2,1-6H3,(H,70,79)(H,68,69,78,82)/t44-,45-,46+,47+,49+,53-,54+,55+,56?,57-,58?,65+,66-,67+/m0/s1. The Hall–Kier alpha value is -8.94. The van der Waals surface area contributed by atoms with Crippen LogP contribution in [0.25, 0.3) is 0 Å². The van der Waals surface area contributed by atoms with Gasteiger partial charge in [0.25, 0.3) is 11.8 Å². The summed E-state index contributed by atoms with van der Waals surface area (Å²) in [6, 6.07) is 32.4. The van der Waals surface area contributed by atoms with E-state index in [1.807, 2.05) is 0 Å². The number of aromatic nitrogens is 2. The van der Waals surface area contributed by atoms with E-state index in [0.717, 1.165) is 11.5 Å². The van der Waals surface area contributed by atoms with Crippen molar-refractivity contribution in [3.8, 4) is 0 Å². The van der Waals surface area contributed by atoms with Crippen molar-refractivity contribution in [1.29, 1.82) is 0 Å². The fourth-order valence-corrected chi connectivity index (χ4v) is 13.8. The highest BCUT2D eigenvalue weighted by Gasteiger charge is 2.77. The van der Waals surface area contributed by atoms with Gasteiger partial charge in [0.1, 0.15) is 54.8 Å². The molecule has 5 N–H and O–H groups in total. The van der Waals surface area contributed by atoms with E-state index >= 15 is 0 Å². The zero-order valence-corrected chi connectivity index (χ0v) is 50.9. The van der Waals surface area contributed by atoms with Crippen LogP contribution in [-0.4, -0.2) is 146 Å². The molecule has 10 rings (SSSR count). The number of rotatable bonds is 19. The molecule has 5 aromatic rings. The zero-order valence-electron chi connectivity index (χ0n) is 50.9. The lowest BCUT2D eigenvalue weighted by Gasteiger charge is -2.68. The summed E-state index contributed by atoms with van der Waals surface area (Å²) in [5.41, 5.74) is -7.19. The largest absolute Gasteiger partial charge is 0.463 e. The molecule has 2 amide bonds. The normalized spacial score (nSPS) is 28.5. The molecule has 2 bridgehead atoms. The quantitative estimate of drug-likeness (QED) is 0.0382. The van der Waals surface area contributed by atoms with Gasteiger partial charge in [0.15, 0.2) is 17.8 Å². The molecule has 480 valence electrons. The number of nitrogens with zero attached hydrogens (tertiary/aromatic N) is 2. The number of benzene rings is 4. The van der Waals surface area contributed by atoms with Gasteiger partial charge in [0.2, 0.25) is 0 Å². The highest BCUT2D eigenvalue weighted by molar-refractivity contribution is 6.03. The number of fused-ring (bicyclic) bond motifs is 5. The molecule has 4 fully saturated rings. The van der Waals surface area contributed by atoms with E-state index in [-0.39, 0.29) is 54.0 Å². The van der Waals surface area contributed by atoms with Crippen LogP contribution in [0.4, 0.5) is 5.82 Å². The SMILES string of the molecule is CC(=O)O[C@@H]1C2=C(C)[C@@H](OC(=O)[C@H](O)[C@@H](NC(=O)c3ccccc3)c3ccccc3)C[C@@](O)(C(OC(=O)c3ccccc3)C3[C@@](C)(CC[C@H]4OC[C@@]34OC(C)=O)[C@H]1OC(=O)CCC(=O)OC[C@H]1O[C@@H](n3ccc(NC(=O)c4ccccc4)nc3=O)C[C@@H]1O)C2(C)C. The second kappa shape index (κ2) is 26.5. The number of aliphatic hydroxyl groups is 3. The molecule has 1 aromatic heterocycles. The molecule has 0 radical (unpaired) electrons. The molecule has 3 heterocycles. The van der Waals surface area contributed by atoms with Crippen molar-refractivity contribution in [3.63, 3.8) is 0 Å². The minimum Gasteiger partial charge on any atom is -0.463 e. The molecule has 2 aliphatic heterocycles. The van der Waals surface area contributed by atoms with Crippen molar-refractivity contribution in [2.24, 2.45) is 16.7 Å². The zero-order chi connectivity index (χ0) is 65.2. The lowest BCUT2D eigenvalue weighted by Crippen LogP contribution is -2.80. The summed E-state index contributed by atoms with van der Waals surface area (Å²) < 4.78 is 50.9. The van der Waals surface area contributed by atoms with Crippen molar-refractivity contribution in [2.45, 2.75) is 152 Å². The predicted molar refractivity (Wildman–Crippen MR) is 319 cm³/mol. The number of ether oxygens (including phenoxy) is 8. The number of esters is 6. The van der Waals surface area contributed by atoms with Gasteiger partial charge in [0.05, 0.1) is 43.1 Å². The first-order valence-electron chi connectivity index (χ1n) is 30.0. The number of nitrogens with one attached hydrogen (secondary N) is 2. The number of hydrogen-bond acceptors (Lipinski definition) is 21. The maximum absolute atomic E-state index is 14.8. The number of carbonyl (C=O) groups is 8. The topological polar surface area (TPSA) is 330 Å². The Bertz CT molecular complexity index is 3660. The summed E-state index contributed by atoms with van der Waals surface area (Å²) in [5, 5.41) is 42.6. The molecule has 4 aromatic carbocycles. The van der Waals surface area contributed by atoms with E-state index in [1.165, 1.54) is 31.3 Å². The van der Waals surface area contributed by atoms with E-state index in [0.29, 0.717) is 11.1 Å². The number of hydrogen-bond donors (Lipinski definition) is 5. The summed E-state index contributed by atoms with van der Waals surface area (Å²) >= 11 is 0. The van der Waals surface area contributed by atoms with Gasteiger partial charge in [-0.1, -0.05) is 106 Å². The maximum Gasteiger partial charge on any atom is 0.351 e. The van der Waals surface area contributed by atoms with Crippen LogP contribution in [0.1, 0.15) is 129 Å². The van der Waals surface area contributed by atoms with Crippen molar-refractivity contribution < 1.29 is 91.6 Å². The van der Waals surface area contributed by atoms with E-state index < -0.39 is 168 Å². The van der Waals surface area contributed by atoms with Crippen LogP contribution < -0.4 is 16.3 Å². The Kier molecular flexibility index (Phi) is 18.9. The number of amides is 2. The molecule has 5 aliphatic rings. The van der Waals surface area contributed by atoms with Crippen molar-refractivity contribution in [1.82, 2.24) is 14.9 Å². The van der Waals surface area contributed by atoms with Crippen LogP contribution in [0.3, 0.4) is 0 Å². The third-order valence-corrected chi connectivity index (χ3v) is 18.4. The van der Waals surface area contributed by atoms with Crippen molar-refractivity contribution >= 4 is 53.4 Å². The Morgan fingerprint density at radius 3 is 1.95 bits per heavy atom. The molecule has 14 atom stereocenters. The Balaban J connectivity index is 0.964. The monoisotopic (exact) mass is 1250 g/mol.